The molecule has 1 rings (SSSR count). The Labute approximate surface area is 76.9 Å². The summed E-state index contributed by atoms with van der Waals surface area (Å²) in [6, 6.07) is -0.311. The number of alkyl halides is 3. The van der Waals surface area contributed by atoms with Crippen LogP contribution >= 0.6 is 0 Å². The van der Waals surface area contributed by atoms with E-state index in [1.54, 1.807) is 19.0 Å². The predicted octanol–water partition coefficient (Wildman–Crippen LogP) is 2.67. The van der Waals surface area contributed by atoms with Crippen LogP contribution in [0.25, 0.3) is 0 Å². The molecule has 0 aromatic heterocycles. The molecule has 0 bridgehead atoms. The number of nitrogens with zero attached hydrogens (tertiary/aromatic N) is 1. The number of halogens is 3. The summed E-state index contributed by atoms with van der Waals surface area (Å²) >= 11 is 0. The molecule has 0 heterocycles. The molecule has 2 atom stereocenters. The number of hydrogen-bond donors (Lipinski definition) is 0. The smallest absolute Gasteiger partial charge is 0.306 e. The molecule has 1 fully saturated rings. The zero-order valence-electron chi connectivity index (χ0n) is 8.06. The summed E-state index contributed by atoms with van der Waals surface area (Å²) in [5.41, 5.74) is 0. The van der Waals surface area contributed by atoms with Crippen molar-refractivity contribution in [2.45, 2.75) is 37.9 Å². The molecule has 78 valence electrons. The normalized spacial score (nSPS) is 30.9. The van der Waals surface area contributed by atoms with E-state index < -0.39 is 12.1 Å². The van der Waals surface area contributed by atoms with Crippen LogP contribution in [0.4, 0.5) is 13.2 Å². The van der Waals surface area contributed by atoms with Crippen molar-refractivity contribution in [1.82, 2.24) is 4.90 Å². The Bertz CT molecular complexity index is 165. The topological polar surface area (TPSA) is 3.24 Å². The Hall–Kier alpha value is -0.250. The van der Waals surface area contributed by atoms with Crippen LogP contribution in [-0.4, -0.2) is 31.2 Å². The van der Waals surface area contributed by atoms with Crippen molar-refractivity contribution in [1.29, 1.82) is 0 Å². The average Bonchev–Trinajstić information content (AvgIpc) is 2.03. The largest absolute Gasteiger partial charge is 0.393 e. The Kier molecular flexibility index (Phi) is 3.22. The van der Waals surface area contributed by atoms with E-state index in [-0.39, 0.29) is 6.04 Å². The molecule has 0 saturated heterocycles. The molecular weight excluding hydrogens is 179 g/mol. The second-order valence-electron chi connectivity index (χ2n) is 3.96. The van der Waals surface area contributed by atoms with Crippen molar-refractivity contribution >= 4 is 0 Å². The number of rotatable bonds is 1. The van der Waals surface area contributed by atoms with Crippen LogP contribution in [0.5, 0.6) is 0 Å². The zero-order chi connectivity index (χ0) is 10.1. The van der Waals surface area contributed by atoms with Crippen LogP contribution in [0.1, 0.15) is 25.7 Å². The summed E-state index contributed by atoms with van der Waals surface area (Å²) in [6.07, 6.45) is -1.40. The van der Waals surface area contributed by atoms with Crippen LogP contribution in [-0.2, 0) is 0 Å². The minimum Gasteiger partial charge on any atom is -0.306 e. The SMILES string of the molecule is CN(C)C1CCCCC1C(F)(F)F. The van der Waals surface area contributed by atoms with E-state index in [4.69, 9.17) is 0 Å². The minimum atomic E-state index is -4.02. The Morgan fingerprint density at radius 3 is 2.00 bits per heavy atom. The van der Waals surface area contributed by atoms with Gasteiger partial charge in [0.15, 0.2) is 0 Å². The van der Waals surface area contributed by atoms with Gasteiger partial charge in [0.05, 0.1) is 5.92 Å². The van der Waals surface area contributed by atoms with Crippen molar-refractivity contribution in [3.05, 3.63) is 0 Å². The second-order valence-corrected chi connectivity index (χ2v) is 3.96. The summed E-state index contributed by atoms with van der Waals surface area (Å²) in [7, 11) is 3.46. The van der Waals surface area contributed by atoms with E-state index in [9.17, 15) is 13.2 Å². The Balaban J connectivity index is 2.67. The molecule has 13 heavy (non-hydrogen) atoms. The standard InChI is InChI=1S/C9H16F3N/c1-13(2)8-6-4-3-5-7(8)9(10,11)12/h7-8H,3-6H2,1-2H3. The highest BCUT2D eigenvalue weighted by Gasteiger charge is 2.45. The fourth-order valence-electron chi connectivity index (χ4n) is 2.11. The van der Waals surface area contributed by atoms with Gasteiger partial charge in [0.25, 0.3) is 0 Å². The lowest BCUT2D eigenvalue weighted by atomic mass is 9.83. The lowest BCUT2D eigenvalue weighted by molar-refractivity contribution is -0.196. The molecule has 1 saturated carbocycles. The van der Waals surface area contributed by atoms with Gasteiger partial charge in [0, 0.05) is 6.04 Å². The molecule has 1 aliphatic rings. The van der Waals surface area contributed by atoms with E-state index >= 15 is 0 Å². The lowest BCUT2D eigenvalue weighted by Crippen LogP contribution is -2.44. The van der Waals surface area contributed by atoms with Crippen LogP contribution in [0.2, 0.25) is 0 Å². The maximum atomic E-state index is 12.5. The first-order chi connectivity index (χ1) is 5.93. The highest BCUT2D eigenvalue weighted by atomic mass is 19.4. The van der Waals surface area contributed by atoms with Gasteiger partial charge in [-0.05, 0) is 26.9 Å². The maximum Gasteiger partial charge on any atom is 0.393 e. The van der Waals surface area contributed by atoms with Gasteiger partial charge in [-0.3, -0.25) is 0 Å². The predicted molar refractivity (Wildman–Crippen MR) is 45.5 cm³/mol. The van der Waals surface area contributed by atoms with Crippen LogP contribution < -0.4 is 0 Å². The third-order valence-corrected chi connectivity index (χ3v) is 2.81. The van der Waals surface area contributed by atoms with Gasteiger partial charge < -0.3 is 4.90 Å². The van der Waals surface area contributed by atoms with Crippen molar-refractivity contribution < 1.29 is 13.2 Å². The van der Waals surface area contributed by atoms with Gasteiger partial charge in [-0.2, -0.15) is 13.2 Å². The summed E-state index contributed by atoms with van der Waals surface area (Å²) < 4.78 is 37.6. The quantitative estimate of drug-likeness (QED) is 0.621. The first kappa shape index (κ1) is 10.8. The molecule has 1 nitrogen and oxygen atoms in total. The monoisotopic (exact) mass is 195 g/mol. The third-order valence-electron chi connectivity index (χ3n) is 2.81. The summed E-state index contributed by atoms with van der Waals surface area (Å²) in [4.78, 5) is 1.71. The Morgan fingerprint density at radius 2 is 1.62 bits per heavy atom. The van der Waals surface area contributed by atoms with E-state index in [0.717, 1.165) is 6.42 Å². The van der Waals surface area contributed by atoms with Crippen molar-refractivity contribution in [2.75, 3.05) is 14.1 Å². The lowest BCUT2D eigenvalue weighted by Gasteiger charge is -2.37. The van der Waals surface area contributed by atoms with Crippen LogP contribution in [0.15, 0.2) is 0 Å². The summed E-state index contributed by atoms with van der Waals surface area (Å²) in [5, 5.41) is 0. The molecule has 0 N–H and O–H groups in total. The van der Waals surface area contributed by atoms with Crippen molar-refractivity contribution in [3.63, 3.8) is 0 Å². The number of hydrogen-bond acceptors (Lipinski definition) is 1. The molecule has 0 spiro atoms. The highest BCUT2D eigenvalue weighted by Crippen LogP contribution is 2.39. The van der Waals surface area contributed by atoms with Gasteiger partial charge in [0.1, 0.15) is 0 Å². The first-order valence-corrected chi connectivity index (χ1v) is 4.66. The average molecular weight is 195 g/mol. The third kappa shape index (κ3) is 2.59. The molecule has 0 amide bonds. The minimum absolute atomic E-state index is 0.298. The summed E-state index contributed by atoms with van der Waals surface area (Å²) in [6.45, 7) is 0. The molecule has 2 unspecified atom stereocenters. The highest BCUT2D eigenvalue weighted by molar-refractivity contribution is 4.85. The van der Waals surface area contributed by atoms with Gasteiger partial charge in [-0.1, -0.05) is 12.8 Å². The van der Waals surface area contributed by atoms with E-state index in [1.165, 1.54) is 0 Å². The van der Waals surface area contributed by atoms with Gasteiger partial charge >= 0.3 is 6.18 Å². The molecular formula is C9H16F3N. The second kappa shape index (κ2) is 3.86. The molecule has 4 heteroatoms. The Morgan fingerprint density at radius 1 is 1.08 bits per heavy atom. The first-order valence-electron chi connectivity index (χ1n) is 4.66. The molecule has 0 aromatic carbocycles. The maximum absolute atomic E-state index is 12.5. The van der Waals surface area contributed by atoms with E-state index in [2.05, 4.69) is 0 Å². The van der Waals surface area contributed by atoms with Gasteiger partial charge in [-0.15, -0.1) is 0 Å². The zero-order valence-corrected chi connectivity index (χ0v) is 8.06. The fraction of sp³-hybridized carbons (Fsp3) is 1.00. The van der Waals surface area contributed by atoms with Gasteiger partial charge in [-0.25, -0.2) is 0 Å². The van der Waals surface area contributed by atoms with Crippen molar-refractivity contribution in [2.24, 2.45) is 5.92 Å². The molecule has 0 aromatic rings. The fourth-order valence-corrected chi connectivity index (χ4v) is 2.11. The molecule has 0 aliphatic heterocycles. The van der Waals surface area contributed by atoms with E-state index in [1.807, 2.05) is 0 Å². The van der Waals surface area contributed by atoms with E-state index in [0.29, 0.717) is 19.3 Å². The van der Waals surface area contributed by atoms with Crippen molar-refractivity contribution in [3.8, 4) is 0 Å². The van der Waals surface area contributed by atoms with Gasteiger partial charge in [0.2, 0.25) is 0 Å². The summed E-state index contributed by atoms with van der Waals surface area (Å²) in [5.74, 6) is -1.11. The van der Waals surface area contributed by atoms with Crippen LogP contribution in [0.3, 0.4) is 0 Å². The molecule has 1 aliphatic carbocycles. The van der Waals surface area contributed by atoms with Crippen LogP contribution in [0, 0.1) is 5.92 Å². The molecule has 0 radical (unpaired) electrons.